The number of aromatic nitrogens is 2. The molecule has 0 radical (unpaired) electrons. The molecule has 11 nitrogen and oxygen atoms in total. The third-order valence-corrected chi connectivity index (χ3v) is 8.57. The van der Waals surface area contributed by atoms with Crippen molar-refractivity contribution in [3.05, 3.63) is 36.2 Å². The number of carbonyl (C=O) groups is 2. The predicted molar refractivity (Wildman–Crippen MR) is 144 cm³/mol. The summed E-state index contributed by atoms with van der Waals surface area (Å²) in [5.74, 6) is 0.0893. The highest BCUT2D eigenvalue weighted by Gasteiger charge is 2.37. The maximum absolute atomic E-state index is 13.8. The van der Waals surface area contributed by atoms with Crippen LogP contribution < -0.4 is 15.4 Å². The molecule has 2 aliphatic rings. The van der Waals surface area contributed by atoms with E-state index in [0.717, 1.165) is 31.2 Å². The molecule has 0 saturated heterocycles. The van der Waals surface area contributed by atoms with Crippen molar-refractivity contribution in [2.24, 2.45) is 5.92 Å². The van der Waals surface area contributed by atoms with Crippen molar-refractivity contribution in [2.45, 2.75) is 69.4 Å². The van der Waals surface area contributed by atoms with Crippen molar-refractivity contribution in [3.8, 4) is 0 Å². The number of sulfonamides is 1. The summed E-state index contributed by atoms with van der Waals surface area (Å²) >= 11 is 0. The number of nitrogens with one attached hydrogen (secondary N) is 4. The molecule has 2 heterocycles. The smallest absolute Gasteiger partial charge is 0.325 e. The molecule has 1 aliphatic carbocycles. The highest BCUT2D eigenvalue weighted by Crippen LogP contribution is 2.32. The van der Waals surface area contributed by atoms with E-state index in [1.807, 2.05) is 6.07 Å². The minimum Gasteiger partial charge on any atom is -0.465 e. The van der Waals surface area contributed by atoms with E-state index >= 15 is 0 Å². The molecule has 1 saturated carbocycles. The summed E-state index contributed by atoms with van der Waals surface area (Å²) in [4.78, 5) is 34.8. The summed E-state index contributed by atoms with van der Waals surface area (Å²) in [6, 6.07) is 4.09. The third kappa shape index (κ3) is 6.84. The van der Waals surface area contributed by atoms with Crippen molar-refractivity contribution in [1.29, 1.82) is 0 Å². The van der Waals surface area contributed by atoms with Crippen LogP contribution in [0.1, 0.15) is 51.5 Å². The molecule has 1 fully saturated rings. The lowest BCUT2D eigenvalue weighted by atomic mass is 9.90. The van der Waals surface area contributed by atoms with Crippen molar-refractivity contribution < 1.29 is 22.7 Å². The standard InChI is InChI=1S/C26H38N6O5S/c1-3-37-23(33)17-32(20-8-5-9-20)25(34)21(10-6-12-27-26-28-13-14-29-26)31-38(35,36)22-11-4-7-19-15-18(2)16-30-24(19)22/h4,7,11,13-14,18,20-21,30-31H,3,5-6,8-10,12,15-17H2,1-2H3,(H2,27,28,29)/t18?,21-/m0/s1. The Morgan fingerprint density at radius 3 is 2.79 bits per heavy atom. The zero-order valence-electron chi connectivity index (χ0n) is 22.0. The highest BCUT2D eigenvalue weighted by atomic mass is 32.2. The molecule has 1 unspecified atom stereocenters. The Bertz CT molecular complexity index is 1200. The first-order chi connectivity index (χ1) is 18.3. The first-order valence-corrected chi connectivity index (χ1v) is 14.8. The largest absolute Gasteiger partial charge is 0.465 e. The number of fused-ring (bicyclic) bond motifs is 1. The average molecular weight is 547 g/mol. The minimum absolute atomic E-state index is 0.104. The van der Waals surface area contributed by atoms with Crippen LogP contribution in [0.3, 0.4) is 0 Å². The summed E-state index contributed by atoms with van der Waals surface area (Å²) in [6.07, 6.45) is 7.37. The van der Waals surface area contributed by atoms with Crippen LogP contribution in [-0.2, 0) is 30.8 Å². The van der Waals surface area contributed by atoms with Gasteiger partial charge >= 0.3 is 5.97 Å². The number of rotatable bonds is 13. The quantitative estimate of drug-likeness (QED) is 0.221. The fraction of sp³-hybridized carbons (Fsp3) is 0.577. The van der Waals surface area contributed by atoms with Crippen LogP contribution >= 0.6 is 0 Å². The number of ether oxygens (including phenoxy) is 1. The number of hydrogen-bond acceptors (Lipinski definition) is 8. The SMILES string of the molecule is CCOC(=O)CN(C(=O)[C@H](CCCNc1ncc[nH]1)NS(=O)(=O)c1cccc2c1NCC(C)C2)C1CCC1. The first-order valence-electron chi connectivity index (χ1n) is 13.4. The monoisotopic (exact) mass is 546 g/mol. The predicted octanol–water partition coefficient (Wildman–Crippen LogP) is 2.50. The Labute approximate surface area is 224 Å². The second-order valence-corrected chi connectivity index (χ2v) is 11.7. The van der Waals surface area contributed by atoms with E-state index in [9.17, 15) is 18.0 Å². The number of benzene rings is 1. The Balaban J connectivity index is 1.55. The summed E-state index contributed by atoms with van der Waals surface area (Å²) in [7, 11) is -4.05. The molecule has 4 N–H and O–H groups in total. The molecular weight excluding hydrogens is 508 g/mol. The summed E-state index contributed by atoms with van der Waals surface area (Å²) in [5.41, 5.74) is 1.53. The molecule has 12 heteroatoms. The minimum atomic E-state index is -4.05. The number of carbonyl (C=O) groups excluding carboxylic acids is 2. The molecule has 38 heavy (non-hydrogen) atoms. The van der Waals surface area contributed by atoms with E-state index in [4.69, 9.17) is 4.74 Å². The van der Waals surface area contributed by atoms with Crippen LogP contribution in [0.4, 0.5) is 11.6 Å². The van der Waals surface area contributed by atoms with Crippen LogP contribution in [0.2, 0.25) is 0 Å². The van der Waals surface area contributed by atoms with Crippen LogP contribution in [0.15, 0.2) is 35.5 Å². The lowest BCUT2D eigenvalue weighted by Gasteiger charge is -2.39. The van der Waals surface area contributed by atoms with Crippen molar-refractivity contribution in [2.75, 3.05) is 36.9 Å². The maximum Gasteiger partial charge on any atom is 0.325 e. The van der Waals surface area contributed by atoms with Gasteiger partial charge in [0.2, 0.25) is 15.9 Å². The Morgan fingerprint density at radius 1 is 1.29 bits per heavy atom. The third-order valence-electron chi connectivity index (χ3n) is 7.06. The number of nitrogens with zero attached hydrogens (tertiary/aromatic N) is 2. The number of imidazole rings is 1. The molecule has 0 spiro atoms. The van der Waals surface area contributed by atoms with Crippen LogP contribution in [0.25, 0.3) is 0 Å². The van der Waals surface area contributed by atoms with Gasteiger partial charge in [0.1, 0.15) is 17.5 Å². The fourth-order valence-corrected chi connectivity index (χ4v) is 6.33. The Hall–Kier alpha value is -3.12. The molecule has 1 aromatic heterocycles. The molecule has 1 amide bonds. The fourth-order valence-electron chi connectivity index (χ4n) is 4.88. The number of esters is 1. The Morgan fingerprint density at radius 2 is 2.11 bits per heavy atom. The van der Waals surface area contributed by atoms with Gasteiger partial charge in [-0.25, -0.2) is 13.4 Å². The van der Waals surface area contributed by atoms with Crippen LogP contribution in [0, 0.1) is 5.92 Å². The topological polar surface area (TPSA) is 146 Å². The number of amides is 1. The molecule has 208 valence electrons. The van der Waals surface area contributed by atoms with Crippen LogP contribution in [-0.4, -0.2) is 73.5 Å². The molecule has 2 aromatic rings. The zero-order valence-corrected chi connectivity index (χ0v) is 22.9. The molecule has 1 aromatic carbocycles. The Kier molecular flexibility index (Phi) is 9.26. The summed E-state index contributed by atoms with van der Waals surface area (Å²) < 4.78 is 35.1. The van der Waals surface area contributed by atoms with Gasteiger partial charge in [-0.3, -0.25) is 9.59 Å². The van der Waals surface area contributed by atoms with Crippen molar-refractivity contribution in [1.82, 2.24) is 19.6 Å². The normalized spacial score (nSPS) is 18.0. The number of hydrogen-bond donors (Lipinski definition) is 4. The van der Waals surface area contributed by atoms with Gasteiger partial charge in [0, 0.05) is 31.5 Å². The van der Waals surface area contributed by atoms with Gasteiger partial charge in [-0.1, -0.05) is 19.1 Å². The lowest BCUT2D eigenvalue weighted by Crippen LogP contribution is -2.55. The molecule has 0 bridgehead atoms. The van der Waals surface area contributed by atoms with E-state index in [1.54, 1.807) is 31.5 Å². The maximum atomic E-state index is 13.8. The van der Waals surface area contributed by atoms with Gasteiger partial charge in [0.05, 0.1) is 12.3 Å². The summed E-state index contributed by atoms with van der Waals surface area (Å²) in [6.45, 7) is 5.01. The summed E-state index contributed by atoms with van der Waals surface area (Å²) in [5, 5.41) is 6.39. The number of H-pyrrole nitrogens is 1. The number of aromatic amines is 1. The zero-order chi connectivity index (χ0) is 27.1. The van der Waals surface area contributed by atoms with Gasteiger partial charge in [-0.2, -0.15) is 4.72 Å². The number of anilines is 2. The number of para-hydroxylation sites is 1. The molecule has 4 rings (SSSR count). The average Bonchev–Trinajstić information content (AvgIpc) is 3.37. The van der Waals surface area contributed by atoms with Gasteiger partial charge in [-0.05, 0) is 63.0 Å². The second kappa shape index (κ2) is 12.6. The van der Waals surface area contributed by atoms with Gasteiger partial charge in [0.15, 0.2) is 5.95 Å². The van der Waals surface area contributed by atoms with E-state index in [1.165, 1.54) is 4.90 Å². The van der Waals surface area contributed by atoms with Gasteiger partial charge in [-0.15, -0.1) is 0 Å². The van der Waals surface area contributed by atoms with Gasteiger partial charge < -0.3 is 25.3 Å². The van der Waals surface area contributed by atoms with Crippen molar-refractivity contribution in [3.63, 3.8) is 0 Å². The van der Waals surface area contributed by atoms with Crippen molar-refractivity contribution >= 4 is 33.5 Å². The molecule has 1 aliphatic heterocycles. The molecule has 2 atom stereocenters. The van der Waals surface area contributed by atoms with E-state index in [-0.39, 0.29) is 30.5 Å². The van der Waals surface area contributed by atoms with Crippen LogP contribution in [0.5, 0.6) is 0 Å². The molecular formula is C26H38N6O5S. The van der Waals surface area contributed by atoms with E-state index < -0.39 is 27.9 Å². The second-order valence-electron chi connectivity index (χ2n) is 10.0. The van der Waals surface area contributed by atoms with E-state index in [2.05, 4.69) is 32.2 Å². The highest BCUT2D eigenvalue weighted by molar-refractivity contribution is 7.89. The first kappa shape index (κ1) is 27.9. The van der Waals surface area contributed by atoms with Gasteiger partial charge in [0.25, 0.3) is 0 Å². The van der Waals surface area contributed by atoms with E-state index in [0.29, 0.717) is 37.1 Å². The lowest BCUT2D eigenvalue weighted by molar-refractivity contribution is -0.152.